The van der Waals surface area contributed by atoms with Crippen LogP contribution in [0.4, 0.5) is 0 Å². The molecule has 0 radical (unpaired) electrons. The lowest BCUT2D eigenvalue weighted by Gasteiger charge is -2.25. The molecule has 2 fully saturated rings. The maximum Gasteiger partial charge on any atom is 0.237 e. The highest BCUT2D eigenvalue weighted by Crippen LogP contribution is 2.33. The second-order valence-electron chi connectivity index (χ2n) is 7.95. The van der Waals surface area contributed by atoms with Gasteiger partial charge < -0.3 is 10.6 Å². The zero-order valence-electron chi connectivity index (χ0n) is 16.2. The Labute approximate surface area is 174 Å². The first-order valence-electron chi connectivity index (χ1n) is 10.1. The van der Waals surface area contributed by atoms with E-state index >= 15 is 0 Å². The maximum absolute atomic E-state index is 13.1. The molecule has 2 N–H and O–H groups in total. The van der Waals surface area contributed by atoms with Gasteiger partial charge >= 0.3 is 0 Å². The molecule has 150 valence electrons. The average molecular weight is 400 g/mol. The van der Waals surface area contributed by atoms with Gasteiger partial charge in [0.15, 0.2) is 0 Å². The van der Waals surface area contributed by atoms with E-state index in [-0.39, 0.29) is 18.3 Å². The van der Waals surface area contributed by atoms with E-state index in [1.54, 1.807) is 0 Å². The number of hydrogen-bond acceptors (Lipinski definition) is 3. The van der Waals surface area contributed by atoms with Crippen molar-refractivity contribution in [3.63, 3.8) is 0 Å². The van der Waals surface area contributed by atoms with Crippen molar-refractivity contribution in [3.8, 4) is 0 Å². The van der Waals surface area contributed by atoms with Crippen LogP contribution in [-0.4, -0.2) is 47.9 Å². The number of rotatable bonds is 7. The number of benzene rings is 2. The molecule has 0 aromatic heterocycles. The Balaban J connectivity index is 0.00000225. The quantitative estimate of drug-likeness (QED) is 0.777. The average Bonchev–Trinajstić information content (AvgIpc) is 3.47. The number of carbonyl (C=O) groups excluding carboxylic acids is 1. The second kappa shape index (κ2) is 9.55. The molecule has 2 aliphatic rings. The number of nitrogens with zero attached hydrogens (tertiary/aromatic N) is 2. The van der Waals surface area contributed by atoms with Gasteiger partial charge in [-0.1, -0.05) is 60.7 Å². The predicted octanol–water partition coefficient (Wildman–Crippen LogP) is 3.27. The smallest absolute Gasteiger partial charge is 0.237 e. The zero-order valence-corrected chi connectivity index (χ0v) is 17.1. The predicted molar refractivity (Wildman–Crippen MR) is 115 cm³/mol. The summed E-state index contributed by atoms with van der Waals surface area (Å²) in [6.45, 7) is 3.72. The lowest BCUT2D eigenvalue weighted by Crippen LogP contribution is -2.40. The molecule has 4 rings (SSSR count). The van der Waals surface area contributed by atoms with Crippen LogP contribution in [0.5, 0.6) is 0 Å². The Bertz CT molecular complexity index is 751. The normalized spacial score (nSPS) is 21.9. The summed E-state index contributed by atoms with van der Waals surface area (Å²) in [6, 6.07) is 21.3. The molecule has 5 heteroatoms. The summed E-state index contributed by atoms with van der Waals surface area (Å²) in [4.78, 5) is 17.5. The largest absolute Gasteiger partial charge is 0.334 e. The van der Waals surface area contributed by atoms with Crippen molar-refractivity contribution in [2.75, 3.05) is 26.2 Å². The third-order valence-corrected chi connectivity index (χ3v) is 5.91. The summed E-state index contributed by atoms with van der Waals surface area (Å²) in [5, 5.41) is 0. The van der Waals surface area contributed by atoms with Crippen molar-refractivity contribution in [1.82, 2.24) is 9.80 Å². The highest BCUT2D eigenvalue weighted by molar-refractivity contribution is 5.85. The van der Waals surface area contributed by atoms with E-state index in [1.807, 2.05) is 24.3 Å². The van der Waals surface area contributed by atoms with Crippen LogP contribution in [0.1, 0.15) is 29.9 Å². The molecule has 0 spiro atoms. The van der Waals surface area contributed by atoms with Gasteiger partial charge in [0.25, 0.3) is 0 Å². The summed E-state index contributed by atoms with van der Waals surface area (Å²) in [5.74, 6) is 1.10. The van der Waals surface area contributed by atoms with Gasteiger partial charge in [0, 0.05) is 31.6 Å². The van der Waals surface area contributed by atoms with Crippen LogP contribution in [0.15, 0.2) is 60.7 Å². The van der Waals surface area contributed by atoms with Crippen LogP contribution in [-0.2, 0) is 11.3 Å². The molecule has 0 unspecified atom stereocenters. The number of halogens is 1. The van der Waals surface area contributed by atoms with Crippen LogP contribution in [0, 0.1) is 5.92 Å². The van der Waals surface area contributed by atoms with Crippen molar-refractivity contribution in [3.05, 3.63) is 71.8 Å². The molecule has 0 bridgehead atoms. The highest BCUT2D eigenvalue weighted by Gasteiger charge is 2.37. The van der Waals surface area contributed by atoms with E-state index in [4.69, 9.17) is 5.73 Å². The summed E-state index contributed by atoms with van der Waals surface area (Å²) in [6.07, 6.45) is 2.27. The summed E-state index contributed by atoms with van der Waals surface area (Å²) in [7, 11) is 0. The monoisotopic (exact) mass is 399 g/mol. The molecular weight excluding hydrogens is 370 g/mol. The van der Waals surface area contributed by atoms with E-state index in [0.717, 1.165) is 32.5 Å². The molecule has 2 aromatic carbocycles. The van der Waals surface area contributed by atoms with Crippen LogP contribution in [0.25, 0.3) is 0 Å². The molecule has 28 heavy (non-hydrogen) atoms. The second-order valence-corrected chi connectivity index (χ2v) is 7.95. The first kappa shape index (κ1) is 20.8. The number of amides is 1. The molecule has 1 saturated heterocycles. The first-order valence-corrected chi connectivity index (χ1v) is 10.1. The number of hydrogen-bond donors (Lipinski definition) is 1. The minimum Gasteiger partial charge on any atom is -0.334 e. The van der Waals surface area contributed by atoms with Crippen molar-refractivity contribution < 1.29 is 4.79 Å². The SMILES string of the molecule is Cl.NC[C@@H]1CN(CC(=O)N(Cc2ccccc2)C2CC2)C[C@H]1c1ccccc1. The number of likely N-dealkylation sites (tertiary alicyclic amines) is 1. The maximum atomic E-state index is 13.1. The van der Waals surface area contributed by atoms with Gasteiger partial charge in [0.2, 0.25) is 5.91 Å². The van der Waals surface area contributed by atoms with Gasteiger partial charge in [-0.25, -0.2) is 0 Å². The van der Waals surface area contributed by atoms with Gasteiger partial charge in [-0.3, -0.25) is 9.69 Å². The van der Waals surface area contributed by atoms with Crippen molar-refractivity contribution in [1.29, 1.82) is 0 Å². The Hall–Kier alpha value is -1.88. The molecule has 1 aliphatic carbocycles. The molecule has 1 heterocycles. The topological polar surface area (TPSA) is 49.6 Å². The first-order chi connectivity index (χ1) is 13.2. The Morgan fingerprint density at radius 1 is 1.00 bits per heavy atom. The summed E-state index contributed by atoms with van der Waals surface area (Å²) >= 11 is 0. The molecule has 4 nitrogen and oxygen atoms in total. The fraction of sp³-hybridized carbons (Fsp3) is 0.435. The number of carbonyl (C=O) groups is 1. The van der Waals surface area contributed by atoms with E-state index in [9.17, 15) is 4.79 Å². The molecule has 1 amide bonds. The standard InChI is InChI=1S/C23H29N3O.ClH/c24-13-20-15-25(16-22(20)19-9-5-2-6-10-19)17-23(27)26(21-11-12-21)14-18-7-3-1-4-8-18;/h1-10,20-22H,11-17,24H2;1H/t20-,22+;/m1./s1. The van der Waals surface area contributed by atoms with Crippen LogP contribution in [0.2, 0.25) is 0 Å². The minimum absolute atomic E-state index is 0. The molecule has 2 atom stereocenters. The Kier molecular flexibility index (Phi) is 7.11. The lowest BCUT2D eigenvalue weighted by atomic mass is 9.89. The van der Waals surface area contributed by atoms with Crippen LogP contribution < -0.4 is 5.73 Å². The van der Waals surface area contributed by atoms with Gasteiger partial charge in [0.05, 0.1) is 6.54 Å². The molecular formula is C23H30ClN3O. The van der Waals surface area contributed by atoms with E-state index in [0.29, 0.717) is 31.0 Å². The van der Waals surface area contributed by atoms with Crippen LogP contribution >= 0.6 is 12.4 Å². The summed E-state index contributed by atoms with van der Waals surface area (Å²) in [5.41, 5.74) is 8.60. The van der Waals surface area contributed by atoms with Gasteiger partial charge in [-0.15, -0.1) is 12.4 Å². The minimum atomic E-state index is 0. The third-order valence-electron chi connectivity index (χ3n) is 5.91. The van der Waals surface area contributed by atoms with Gasteiger partial charge in [0.1, 0.15) is 0 Å². The van der Waals surface area contributed by atoms with E-state index in [1.165, 1.54) is 11.1 Å². The van der Waals surface area contributed by atoms with E-state index in [2.05, 4.69) is 46.2 Å². The van der Waals surface area contributed by atoms with Crippen molar-refractivity contribution in [2.45, 2.75) is 31.3 Å². The van der Waals surface area contributed by atoms with Crippen LogP contribution in [0.3, 0.4) is 0 Å². The number of nitrogens with two attached hydrogens (primary N) is 1. The highest BCUT2D eigenvalue weighted by atomic mass is 35.5. The fourth-order valence-electron chi connectivity index (χ4n) is 4.28. The molecule has 1 aliphatic heterocycles. The Morgan fingerprint density at radius 3 is 2.25 bits per heavy atom. The van der Waals surface area contributed by atoms with Gasteiger partial charge in [-0.05, 0) is 36.4 Å². The molecule has 1 saturated carbocycles. The zero-order chi connectivity index (χ0) is 18.6. The third kappa shape index (κ3) is 4.93. The van der Waals surface area contributed by atoms with Crippen molar-refractivity contribution >= 4 is 18.3 Å². The lowest BCUT2D eigenvalue weighted by molar-refractivity contribution is -0.133. The summed E-state index contributed by atoms with van der Waals surface area (Å²) < 4.78 is 0. The van der Waals surface area contributed by atoms with Gasteiger partial charge in [-0.2, -0.15) is 0 Å². The fourth-order valence-corrected chi connectivity index (χ4v) is 4.28. The Morgan fingerprint density at radius 2 is 1.64 bits per heavy atom. The molecule has 2 aromatic rings. The van der Waals surface area contributed by atoms with E-state index < -0.39 is 0 Å². The van der Waals surface area contributed by atoms with Crippen molar-refractivity contribution in [2.24, 2.45) is 11.7 Å².